The van der Waals surface area contributed by atoms with Crippen LogP contribution in [0, 0.1) is 5.92 Å². The Labute approximate surface area is 143 Å². The average Bonchev–Trinajstić information content (AvgIpc) is 2.61. The topological polar surface area (TPSA) is 67.4 Å². The van der Waals surface area contributed by atoms with Crippen LogP contribution in [0.5, 0.6) is 5.75 Å². The molecule has 2 N–H and O–H groups in total. The van der Waals surface area contributed by atoms with Crippen molar-refractivity contribution >= 4 is 17.5 Å². The monoisotopic (exact) mass is 330 g/mol. The summed E-state index contributed by atoms with van der Waals surface area (Å²) in [7, 11) is 0. The van der Waals surface area contributed by atoms with E-state index < -0.39 is 11.8 Å². The number of carbonyl (C=O) groups is 2. The van der Waals surface area contributed by atoms with Gasteiger partial charge in [-0.25, -0.2) is 0 Å². The first-order valence-electron chi connectivity index (χ1n) is 8.58. The van der Waals surface area contributed by atoms with E-state index in [4.69, 9.17) is 4.74 Å². The molecule has 130 valence electrons. The van der Waals surface area contributed by atoms with Crippen LogP contribution >= 0.6 is 0 Å². The van der Waals surface area contributed by atoms with E-state index in [2.05, 4.69) is 24.1 Å². The van der Waals surface area contributed by atoms with Crippen LogP contribution in [0.3, 0.4) is 0 Å². The van der Waals surface area contributed by atoms with E-state index in [-0.39, 0.29) is 6.04 Å². The maximum absolute atomic E-state index is 12.0. The maximum atomic E-state index is 12.0. The highest BCUT2D eigenvalue weighted by Gasteiger charge is 2.23. The summed E-state index contributed by atoms with van der Waals surface area (Å²) in [4.78, 5) is 24.0. The van der Waals surface area contributed by atoms with Gasteiger partial charge >= 0.3 is 11.8 Å². The number of nitrogens with one attached hydrogen (secondary N) is 2. The zero-order valence-electron chi connectivity index (χ0n) is 14.2. The van der Waals surface area contributed by atoms with Crippen molar-refractivity contribution in [3.8, 4) is 5.75 Å². The first-order chi connectivity index (χ1) is 11.6. The summed E-state index contributed by atoms with van der Waals surface area (Å²) in [6.45, 7) is 6.21. The van der Waals surface area contributed by atoms with Crippen LogP contribution in [0.1, 0.15) is 39.0 Å². The second kappa shape index (κ2) is 9.11. The fraction of sp³-hybridized carbons (Fsp3) is 0.474. The average molecular weight is 330 g/mol. The summed E-state index contributed by atoms with van der Waals surface area (Å²) in [6, 6.07) is 7.00. The summed E-state index contributed by atoms with van der Waals surface area (Å²) in [6.07, 6.45) is 6.99. The zero-order chi connectivity index (χ0) is 17.4. The van der Waals surface area contributed by atoms with Crippen LogP contribution in [0.15, 0.2) is 36.9 Å². The number of hydrogen-bond donors (Lipinski definition) is 2. The lowest BCUT2D eigenvalue weighted by molar-refractivity contribution is -0.136. The van der Waals surface area contributed by atoms with Gasteiger partial charge in [-0.15, -0.1) is 0 Å². The van der Waals surface area contributed by atoms with E-state index in [1.807, 2.05) is 0 Å². The molecule has 1 fully saturated rings. The number of carbonyl (C=O) groups excluding carboxylic acids is 2. The molecule has 0 unspecified atom stereocenters. The summed E-state index contributed by atoms with van der Waals surface area (Å²) >= 11 is 0. The van der Waals surface area contributed by atoms with Crippen LogP contribution in [-0.4, -0.2) is 24.5 Å². The van der Waals surface area contributed by atoms with Crippen molar-refractivity contribution in [2.24, 2.45) is 5.92 Å². The molecule has 0 spiro atoms. The van der Waals surface area contributed by atoms with Gasteiger partial charge in [0, 0.05) is 11.7 Å². The number of hydrogen-bond acceptors (Lipinski definition) is 3. The van der Waals surface area contributed by atoms with Gasteiger partial charge in [0.2, 0.25) is 0 Å². The molecule has 1 aromatic carbocycles. The van der Waals surface area contributed by atoms with Gasteiger partial charge in [0.25, 0.3) is 0 Å². The Morgan fingerprint density at radius 3 is 2.42 bits per heavy atom. The molecule has 1 aromatic rings. The number of amides is 2. The molecule has 1 aliphatic rings. The van der Waals surface area contributed by atoms with Gasteiger partial charge in [-0.2, -0.15) is 0 Å². The van der Waals surface area contributed by atoms with Crippen LogP contribution in [0.2, 0.25) is 0 Å². The minimum atomic E-state index is -0.632. The van der Waals surface area contributed by atoms with Crippen LogP contribution < -0.4 is 15.4 Å². The van der Waals surface area contributed by atoms with Crippen LogP contribution in [0.4, 0.5) is 5.69 Å². The molecule has 0 aliphatic heterocycles. The number of rotatable bonds is 6. The highest BCUT2D eigenvalue weighted by molar-refractivity contribution is 6.39. The molecule has 2 rings (SSSR count). The van der Waals surface area contributed by atoms with Crippen molar-refractivity contribution in [2.75, 3.05) is 11.9 Å². The molecule has 0 saturated heterocycles. The highest BCUT2D eigenvalue weighted by Crippen LogP contribution is 2.26. The van der Waals surface area contributed by atoms with Gasteiger partial charge in [0.05, 0.1) is 0 Å². The van der Waals surface area contributed by atoms with E-state index in [0.29, 0.717) is 18.0 Å². The second-order valence-corrected chi connectivity index (χ2v) is 6.18. The molecule has 1 saturated carbocycles. The van der Waals surface area contributed by atoms with Crippen molar-refractivity contribution in [3.63, 3.8) is 0 Å². The predicted molar refractivity (Wildman–Crippen MR) is 94.9 cm³/mol. The Morgan fingerprint density at radius 2 is 1.83 bits per heavy atom. The lowest BCUT2D eigenvalue weighted by Gasteiger charge is -2.28. The minimum absolute atomic E-state index is 0.112. The Kier molecular flexibility index (Phi) is 6.85. The third-order valence-electron chi connectivity index (χ3n) is 4.45. The van der Waals surface area contributed by atoms with Gasteiger partial charge in [-0.1, -0.05) is 26.0 Å². The molecule has 0 atom stereocenters. The molecule has 5 nitrogen and oxygen atoms in total. The van der Waals surface area contributed by atoms with E-state index in [1.54, 1.807) is 30.3 Å². The predicted octanol–water partition coefficient (Wildman–Crippen LogP) is 3.27. The summed E-state index contributed by atoms with van der Waals surface area (Å²) in [5, 5.41) is 5.44. The van der Waals surface area contributed by atoms with Gasteiger partial charge in [0.1, 0.15) is 12.4 Å². The van der Waals surface area contributed by atoms with Gasteiger partial charge in [-0.05, 0) is 55.9 Å². The van der Waals surface area contributed by atoms with E-state index in [1.165, 1.54) is 6.42 Å². The fourth-order valence-electron chi connectivity index (χ4n) is 2.94. The van der Waals surface area contributed by atoms with E-state index in [9.17, 15) is 9.59 Å². The largest absolute Gasteiger partial charge is 0.490 e. The van der Waals surface area contributed by atoms with Crippen LogP contribution in [0.25, 0.3) is 0 Å². The zero-order valence-corrected chi connectivity index (χ0v) is 14.2. The molecule has 0 radical (unpaired) electrons. The molecule has 0 heterocycles. The van der Waals surface area contributed by atoms with Crippen molar-refractivity contribution < 1.29 is 14.3 Å². The van der Waals surface area contributed by atoms with Crippen molar-refractivity contribution in [1.29, 1.82) is 0 Å². The summed E-state index contributed by atoms with van der Waals surface area (Å²) < 4.78 is 5.37. The first kappa shape index (κ1) is 18.0. The van der Waals surface area contributed by atoms with Gasteiger partial charge in [-0.3, -0.25) is 9.59 Å². The summed E-state index contributed by atoms with van der Waals surface area (Å²) in [5.41, 5.74) is 0.566. The standard InChI is InChI=1S/C19H26N2O3/c1-3-13-24-17-11-9-16(10-12-17)21-19(23)18(22)20-15-7-5-14(4-2)6-8-15/h3,9-12,14-15H,1,4-8,13H2,2H3,(H,20,22)(H,21,23). The molecule has 0 aromatic heterocycles. The lowest BCUT2D eigenvalue weighted by atomic mass is 9.84. The quantitative estimate of drug-likeness (QED) is 0.621. The molecule has 2 amide bonds. The van der Waals surface area contributed by atoms with Gasteiger partial charge < -0.3 is 15.4 Å². The summed E-state index contributed by atoms with van der Waals surface area (Å²) in [5.74, 6) is 0.244. The van der Waals surface area contributed by atoms with Crippen molar-refractivity contribution in [1.82, 2.24) is 5.32 Å². The number of ether oxygens (including phenoxy) is 1. The number of benzene rings is 1. The Morgan fingerprint density at radius 1 is 1.17 bits per heavy atom. The lowest BCUT2D eigenvalue weighted by Crippen LogP contribution is -2.43. The SMILES string of the molecule is C=CCOc1ccc(NC(=O)C(=O)NC2CCC(CC)CC2)cc1. The molecule has 0 bridgehead atoms. The Bertz CT molecular complexity index is 560. The molecular weight excluding hydrogens is 304 g/mol. The second-order valence-electron chi connectivity index (χ2n) is 6.18. The molecule has 1 aliphatic carbocycles. The highest BCUT2D eigenvalue weighted by atomic mass is 16.5. The van der Waals surface area contributed by atoms with Crippen molar-refractivity contribution in [2.45, 2.75) is 45.1 Å². The normalized spacial score (nSPS) is 20.0. The third-order valence-corrected chi connectivity index (χ3v) is 4.45. The van der Waals surface area contributed by atoms with Crippen LogP contribution in [-0.2, 0) is 9.59 Å². The van der Waals surface area contributed by atoms with Crippen molar-refractivity contribution in [3.05, 3.63) is 36.9 Å². The minimum Gasteiger partial charge on any atom is -0.490 e. The Balaban J connectivity index is 1.79. The Hall–Kier alpha value is -2.30. The smallest absolute Gasteiger partial charge is 0.313 e. The van der Waals surface area contributed by atoms with Gasteiger partial charge in [0.15, 0.2) is 0 Å². The molecular formula is C19H26N2O3. The number of anilines is 1. The first-order valence-corrected chi connectivity index (χ1v) is 8.58. The molecule has 5 heteroatoms. The molecule has 24 heavy (non-hydrogen) atoms. The third kappa shape index (κ3) is 5.41. The van der Waals surface area contributed by atoms with E-state index in [0.717, 1.165) is 31.6 Å². The van der Waals surface area contributed by atoms with E-state index >= 15 is 0 Å². The maximum Gasteiger partial charge on any atom is 0.313 e. The fourth-order valence-corrected chi connectivity index (χ4v) is 2.94.